The number of para-hydroxylation sites is 1. The smallest absolute Gasteiger partial charge is 0.318 e. The number of nitrogens with one attached hydrogen (secondary N) is 1. The third-order valence-corrected chi connectivity index (χ3v) is 3.10. The quantitative estimate of drug-likeness (QED) is 0.667. The first-order chi connectivity index (χ1) is 6.93. The lowest BCUT2D eigenvalue weighted by atomic mass is 10.3. The van der Waals surface area contributed by atoms with Crippen LogP contribution in [0.1, 0.15) is 0 Å². The molecule has 90 valence electrons. The lowest BCUT2D eigenvalue weighted by Crippen LogP contribution is -2.29. The zero-order chi connectivity index (χ0) is 11.5. The van der Waals surface area contributed by atoms with Gasteiger partial charge in [-0.1, -0.05) is 12.1 Å². The number of carboxylic acid groups (broad SMARTS) is 1. The molecular formula is C8H11ClN2O4S. The molecule has 0 unspecified atom stereocenters. The third kappa shape index (κ3) is 3.69. The van der Waals surface area contributed by atoms with Gasteiger partial charge in [0.25, 0.3) is 0 Å². The number of rotatable bonds is 4. The third-order valence-electron chi connectivity index (χ3n) is 1.62. The fourth-order valence-electron chi connectivity index (χ4n) is 0.960. The molecule has 0 saturated carbocycles. The average molecular weight is 267 g/mol. The SMILES string of the molecule is Cl.Nc1ccccc1S(=O)(=O)NCC(=O)O. The Morgan fingerprint density at radius 2 is 1.94 bits per heavy atom. The van der Waals surface area contributed by atoms with Gasteiger partial charge in [-0.2, -0.15) is 4.72 Å². The number of hydrogen-bond acceptors (Lipinski definition) is 4. The molecule has 6 nitrogen and oxygen atoms in total. The van der Waals surface area contributed by atoms with Gasteiger partial charge in [-0.05, 0) is 12.1 Å². The first-order valence-corrected chi connectivity index (χ1v) is 5.48. The van der Waals surface area contributed by atoms with Gasteiger partial charge in [0.2, 0.25) is 10.0 Å². The van der Waals surface area contributed by atoms with Crippen molar-refractivity contribution in [2.75, 3.05) is 12.3 Å². The second-order valence-corrected chi connectivity index (χ2v) is 4.49. The van der Waals surface area contributed by atoms with Crippen LogP contribution >= 0.6 is 12.4 Å². The number of aliphatic carboxylic acids is 1. The molecule has 4 N–H and O–H groups in total. The van der Waals surface area contributed by atoms with E-state index in [1.54, 1.807) is 6.07 Å². The van der Waals surface area contributed by atoms with Crippen molar-refractivity contribution in [3.63, 3.8) is 0 Å². The molecule has 0 saturated heterocycles. The van der Waals surface area contributed by atoms with Crippen LogP contribution in [0.15, 0.2) is 29.2 Å². The molecule has 0 atom stereocenters. The van der Waals surface area contributed by atoms with E-state index >= 15 is 0 Å². The topological polar surface area (TPSA) is 109 Å². The molecule has 1 aromatic carbocycles. The minimum absolute atomic E-state index is 0. The summed E-state index contributed by atoms with van der Waals surface area (Å²) < 4.78 is 24.9. The molecule has 8 heteroatoms. The highest BCUT2D eigenvalue weighted by Crippen LogP contribution is 2.16. The van der Waals surface area contributed by atoms with Gasteiger partial charge >= 0.3 is 5.97 Å². The minimum Gasteiger partial charge on any atom is -0.480 e. The monoisotopic (exact) mass is 266 g/mol. The molecular weight excluding hydrogens is 256 g/mol. The zero-order valence-corrected chi connectivity index (χ0v) is 9.72. The van der Waals surface area contributed by atoms with Crippen LogP contribution in [0.4, 0.5) is 5.69 Å². The van der Waals surface area contributed by atoms with Gasteiger partial charge in [0.15, 0.2) is 0 Å². The van der Waals surface area contributed by atoms with Gasteiger partial charge in [-0.25, -0.2) is 8.42 Å². The Morgan fingerprint density at radius 3 is 2.44 bits per heavy atom. The summed E-state index contributed by atoms with van der Waals surface area (Å²) in [4.78, 5) is 10.1. The molecule has 0 spiro atoms. The standard InChI is InChI=1S/C8H10N2O4S.ClH/c9-6-3-1-2-4-7(6)15(13,14)10-5-8(11)12;/h1-4,10H,5,9H2,(H,11,12);1H. The fourth-order valence-corrected chi connectivity index (χ4v) is 2.06. The summed E-state index contributed by atoms with van der Waals surface area (Å²) in [6.45, 7) is -0.670. The molecule has 0 radical (unpaired) electrons. The van der Waals surface area contributed by atoms with E-state index < -0.39 is 22.5 Å². The van der Waals surface area contributed by atoms with Crippen LogP contribution in [0, 0.1) is 0 Å². The lowest BCUT2D eigenvalue weighted by Gasteiger charge is -2.06. The first kappa shape index (κ1) is 14.7. The second kappa shape index (κ2) is 5.69. The predicted octanol–water partition coefficient (Wildman–Crippen LogP) is 0.0535. The van der Waals surface area contributed by atoms with E-state index in [9.17, 15) is 13.2 Å². The van der Waals surface area contributed by atoms with Crippen molar-refractivity contribution in [1.82, 2.24) is 4.72 Å². The largest absolute Gasteiger partial charge is 0.480 e. The van der Waals surface area contributed by atoms with Crippen LogP contribution in [-0.4, -0.2) is 26.0 Å². The number of halogens is 1. The van der Waals surface area contributed by atoms with Gasteiger partial charge in [0.1, 0.15) is 11.4 Å². The number of carbonyl (C=O) groups is 1. The Hall–Kier alpha value is -1.31. The van der Waals surface area contributed by atoms with Gasteiger partial charge in [0, 0.05) is 0 Å². The van der Waals surface area contributed by atoms with E-state index in [2.05, 4.69) is 0 Å². The maximum atomic E-state index is 11.5. The second-order valence-electron chi connectivity index (χ2n) is 2.76. The van der Waals surface area contributed by atoms with Crippen molar-refractivity contribution in [2.45, 2.75) is 4.90 Å². The summed E-state index contributed by atoms with van der Waals surface area (Å²) in [5.74, 6) is -1.26. The molecule has 0 amide bonds. The van der Waals surface area contributed by atoms with Gasteiger partial charge in [-0.15, -0.1) is 12.4 Å². The van der Waals surface area contributed by atoms with Crippen LogP contribution in [-0.2, 0) is 14.8 Å². The molecule has 0 heterocycles. The molecule has 0 aliphatic carbocycles. The summed E-state index contributed by atoms with van der Waals surface area (Å²) in [7, 11) is -3.84. The predicted molar refractivity (Wildman–Crippen MR) is 60.9 cm³/mol. The van der Waals surface area contributed by atoms with E-state index in [0.29, 0.717) is 0 Å². The summed E-state index contributed by atoms with van der Waals surface area (Å²) in [5.41, 5.74) is 5.53. The van der Waals surface area contributed by atoms with Crippen molar-refractivity contribution in [3.8, 4) is 0 Å². The lowest BCUT2D eigenvalue weighted by molar-refractivity contribution is -0.135. The maximum absolute atomic E-state index is 11.5. The number of nitrogens with two attached hydrogens (primary N) is 1. The Bertz CT molecular complexity index is 475. The van der Waals surface area contributed by atoms with Crippen LogP contribution in [0.3, 0.4) is 0 Å². The van der Waals surface area contributed by atoms with E-state index in [4.69, 9.17) is 10.8 Å². The molecule has 0 bridgehead atoms. The van der Waals surface area contributed by atoms with Crippen LogP contribution < -0.4 is 10.5 Å². The number of hydrogen-bond donors (Lipinski definition) is 3. The van der Waals surface area contributed by atoms with Crippen molar-refractivity contribution in [3.05, 3.63) is 24.3 Å². The number of nitrogen functional groups attached to an aromatic ring is 1. The van der Waals surface area contributed by atoms with Crippen molar-refractivity contribution < 1.29 is 18.3 Å². The van der Waals surface area contributed by atoms with E-state index in [0.717, 1.165) is 0 Å². The molecule has 0 fully saturated rings. The highest BCUT2D eigenvalue weighted by Gasteiger charge is 2.17. The zero-order valence-electron chi connectivity index (χ0n) is 8.08. The van der Waals surface area contributed by atoms with Gasteiger partial charge in [-0.3, -0.25) is 4.79 Å². The molecule has 1 aromatic rings. The number of anilines is 1. The van der Waals surface area contributed by atoms with Crippen molar-refractivity contribution in [2.24, 2.45) is 0 Å². The Morgan fingerprint density at radius 1 is 1.38 bits per heavy atom. The van der Waals surface area contributed by atoms with E-state index in [1.165, 1.54) is 18.2 Å². The van der Waals surface area contributed by atoms with Gasteiger partial charge in [0.05, 0.1) is 5.69 Å². The minimum atomic E-state index is -3.84. The molecule has 0 aliphatic rings. The molecule has 16 heavy (non-hydrogen) atoms. The first-order valence-electron chi connectivity index (χ1n) is 3.99. The van der Waals surface area contributed by atoms with Crippen LogP contribution in [0.25, 0.3) is 0 Å². The average Bonchev–Trinajstić information content (AvgIpc) is 2.15. The van der Waals surface area contributed by atoms with E-state index in [-0.39, 0.29) is 23.0 Å². The maximum Gasteiger partial charge on any atom is 0.318 e. The van der Waals surface area contributed by atoms with Gasteiger partial charge < -0.3 is 10.8 Å². The normalized spacial score (nSPS) is 10.5. The number of carboxylic acids is 1. The summed E-state index contributed by atoms with van der Waals surface area (Å²) in [6, 6.07) is 5.83. The molecule has 1 rings (SSSR count). The summed E-state index contributed by atoms with van der Waals surface area (Å²) >= 11 is 0. The highest BCUT2D eigenvalue weighted by molar-refractivity contribution is 7.89. The molecule has 0 aliphatic heterocycles. The Balaban J connectivity index is 0.00000225. The summed E-state index contributed by atoms with van der Waals surface area (Å²) in [5, 5.41) is 8.33. The highest BCUT2D eigenvalue weighted by atomic mass is 35.5. The number of benzene rings is 1. The Kier molecular flexibility index (Phi) is 5.22. The fraction of sp³-hybridized carbons (Fsp3) is 0.125. The van der Waals surface area contributed by atoms with Crippen LogP contribution in [0.5, 0.6) is 0 Å². The van der Waals surface area contributed by atoms with Crippen LogP contribution in [0.2, 0.25) is 0 Å². The van der Waals surface area contributed by atoms with E-state index in [1.807, 2.05) is 4.72 Å². The number of sulfonamides is 1. The Labute approximate surface area is 98.9 Å². The molecule has 0 aromatic heterocycles. The van der Waals surface area contributed by atoms with Crippen molar-refractivity contribution in [1.29, 1.82) is 0 Å². The summed E-state index contributed by atoms with van der Waals surface area (Å²) in [6.07, 6.45) is 0. The van der Waals surface area contributed by atoms with Crippen molar-refractivity contribution >= 4 is 34.1 Å².